The lowest BCUT2D eigenvalue weighted by molar-refractivity contribution is -0.129. The molecule has 4 heteroatoms. The van der Waals surface area contributed by atoms with E-state index in [9.17, 15) is 4.79 Å². The molecule has 0 bridgehead atoms. The Morgan fingerprint density at radius 2 is 1.89 bits per heavy atom. The topological polar surface area (TPSA) is 39.3 Å². The third-order valence-corrected chi connectivity index (χ3v) is 3.32. The summed E-state index contributed by atoms with van der Waals surface area (Å²) in [4.78, 5) is 19.2. The van der Waals surface area contributed by atoms with Crippen LogP contribution in [0.3, 0.4) is 0 Å². The Bertz CT molecular complexity index is 559. The van der Waals surface area contributed by atoms with E-state index in [-0.39, 0.29) is 5.91 Å². The Hall–Kier alpha value is -1.81. The molecule has 19 heavy (non-hydrogen) atoms. The van der Waals surface area contributed by atoms with Gasteiger partial charge in [-0.1, -0.05) is 18.2 Å². The highest BCUT2D eigenvalue weighted by Crippen LogP contribution is 2.18. The number of aromatic amines is 1. The monoisotopic (exact) mass is 259 g/mol. The zero-order chi connectivity index (χ0) is 13.8. The maximum Gasteiger partial charge on any atom is 0.226 e. The van der Waals surface area contributed by atoms with Gasteiger partial charge in [-0.15, -0.1) is 0 Å². The number of fused-ring (bicyclic) bond motifs is 1. The molecule has 102 valence electrons. The molecule has 0 aliphatic carbocycles. The molecule has 1 aromatic heterocycles. The second-order valence-corrected chi connectivity index (χ2v) is 5.15. The number of nitrogens with one attached hydrogen (secondary N) is 1. The van der Waals surface area contributed by atoms with Gasteiger partial charge in [-0.05, 0) is 25.7 Å². The number of carbonyl (C=O) groups excluding carboxylic acids is 1. The van der Waals surface area contributed by atoms with Gasteiger partial charge in [0.1, 0.15) is 0 Å². The van der Waals surface area contributed by atoms with Crippen LogP contribution in [0.1, 0.15) is 5.56 Å². The Labute approximate surface area is 114 Å². The summed E-state index contributed by atoms with van der Waals surface area (Å²) in [6, 6.07) is 8.07. The molecule has 0 saturated carbocycles. The number of rotatable bonds is 5. The van der Waals surface area contributed by atoms with Gasteiger partial charge in [0.15, 0.2) is 0 Å². The average molecular weight is 259 g/mol. The van der Waals surface area contributed by atoms with Crippen LogP contribution in [0.15, 0.2) is 30.5 Å². The quantitative estimate of drug-likeness (QED) is 0.888. The van der Waals surface area contributed by atoms with Crippen molar-refractivity contribution in [2.75, 3.05) is 34.2 Å². The van der Waals surface area contributed by atoms with Crippen LogP contribution in [0, 0.1) is 0 Å². The molecule has 1 N–H and O–H groups in total. The van der Waals surface area contributed by atoms with E-state index >= 15 is 0 Å². The molecule has 1 aromatic carbocycles. The Morgan fingerprint density at radius 1 is 1.16 bits per heavy atom. The summed E-state index contributed by atoms with van der Waals surface area (Å²) in [5, 5.41) is 1.14. The molecule has 0 aliphatic rings. The second-order valence-electron chi connectivity index (χ2n) is 5.15. The zero-order valence-corrected chi connectivity index (χ0v) is 11.8. The largest absolute Gasteiger partial charge is 0.361 e. The van der Waals surface area contributed by atoms with Gasteiger partial charge in [0.25, 0.3) is 0 Å². The van der Waals surface area contributed by atoms with Crippen molar-refractivity contribution in [2.24, 2.45) is 0 Å². The summed E-state index contributed by atoms with van der Waals surface area (Å²) in [5.41, 5.74) is 2.15. The number of hydrogen-bond donors (Lipinski definition) is 1. The number of nitrogens with zero attached hydrogens (tertiary/aromatic N) is 2. The van der Waals surface area contributed by atoms with Crippen LogP contribution >= 0.6 is 0 Å². The van der Waals surface area contributed by atoms with E-state index in [0.29, 0.717) is 6.42 Å². The standard InChI is InChI=1S/C15H21N3O/c1-17(2)8-9-18(3)15(19)10-12-11-16-14-7-5-4-6-13(12)14/h4-7,11,16H,8-10H2,1-3H3. The molecule has 1 heterocycles. The van der Waals surface area contributed by atoms with Crippen molar-refractivity contribution >= 4 is 16.8 Å². The smallest absolute Gasteiger partial charge is 0.226 e. The lowest BCUT2D eigenvalue weighted by Crippen LogP contribution is -2.34. The van der Waals surface area contributed by atoms with E-state index in [1.807, 2.05) is 51.6 Å². The maximum atomic E-state index is 12.2. The van der Waals surface area contributed by atoms with Crippen molar-refractivity contribution in [3.8, 4) is 0 Å². The molecular formula is C15H21N3O. The molecule has 0 unspecified atom stereocenters. The van der Waals surface area contributed by atoms with Gasteiger partial charge in [0.05, 0.1) is 6.42 Å². The highest BCUT2D eigenvalue weighted by atomic mass is 16.2. The van der Waals surface area contributed by atoms with Gasteiger partial charge in [-0.25, -0.2) is 0 Å². The van der Waals surface area contributed by atoms with Crippen LogP contribution in [-0.2, 0) is 11.2 Å². The van der Waals surface area contributed by atoms with Crippen molar-refractivity contribution in [3.05, 3.63) is 36.0 Å². The molecule has 0 saturated heterocycles. The summed E-state index contributed by atoms with van der Waals surface area (Å²) in [5.74, 6) is 0.159. The fourth-order valence-electron chi connectivity index (χ4n) is 2.05. The molecule has 0 atom stereocenters. The van der Waals surface area contributed by atoms with Crippen LogP contribution in [0.4, 0.5) is 0 Å². The molecule has 1 amide bonds. The summed E-state index contributed by atoms with van der Waals surface area (Å²) in [6.45, 7) is 1.64. The van der Waals surface area contributed by atoms with Crippen LogP contribution in [0.25, 0.3) is 10.9 Å². The summed E-state index contributed by atoms with van der Waals surface area (Å²) in [7, 11) is 5.89. The number of amides is 1. The molecule has 0 spiro atoms. The molecule has 0 aliphatic heterocycles. The van der Waals surface area contributed by atoms with E-state index in [2.05, 4.69) is 9.88 Å². The molecule has 2 aromatic rings. The third kappa shape index (κ3) is 3.35. The van der Waals surface area contributed by atoms with Crippen LogP contribution in [0.2, 0.25) is 0 Å². The van der Waals surface area contributed by atoms with Crippen molar-refractivity contribution in [1.82, 2.24) is 14.8 Å². The average Bonchev–Trinajstić information content (AvgIpc) is 2.79. The van der Waals surface area contributed by atoms with Gasteiger partial charge in [0.2, 0.25) is 5.91 Å². The first kappa shape index (κ1) is 13.6. The molecule has 0 fully saturated rings. The Morgan fingerprint density at radius 3 is 2.63 bits per heavy atom. The zero-order valence-electron chi connectivity index (χ0n) is 11.8. The first-order valence-electron chi connectivity index (χ1n) is 6.51. The van der Waals surface area contributed by atoms with E-state index in [1.54, 1.807) is 4.90 Å². The van der Waals surface area contributed by atoms with E-state index in [4.69, 9.17) is 0 Å². The minimum absolute atomic E-state index is 0.159. The number of para-hydroxylation sites is 1. The van der Waals surface area contributed by atoms with Crippen molar-refractivity contribution < 1.29 is 4.79 Å². The summed E-state index contributed by atoms with van der Waals surface area (Å²) < 4.78 is 0. The normalized spacial score (nSPS) is 11.2. The number of hydrogen-bond acceptors (Lipinski definition) is 2. The highest BCUT2D eigenvalue weighted by molar-refractivity contribution is 5.88. The van der Waals surface area contributed by atoms with E-state index in [1.165, 1.54) is 0 Å². The Balaban J connectivity index is 2.02. The fourth-order valence-corrected chi connectivity index (χ4v) is 2.05. The third-order valence-electron chi connectivity index (χ3n) is 3.32. The first-order chi connectivity index (χ1) is 9.08. The number of H-pyrrole nitrogens is 1. The second kappa shape index (κ2) is 5.89. The minimum atomic E-state index is 0.159. The fraction of sp³-hybridized carbons (Fsp3) is 0.400. The summed E-state index contributed by atoms with van der Waals surface area (Å²) >= 11 is 0. The van der Waals surface area contributed by atoms with Gasteiger partial charge in [-0.3, -0.25) is 4.79 Å². The molecule has 0 radical (unpaired) electrons. The Kier molecular flexibility index (Phi) is 4.22. The van der Waals surface area contributed by atoms with Gasteiger partial charge >= 0.3 is 0 Å². The van der Waals surface area contributed by atoms with Crippen molar-refractivity contribution in [2.45, 2.75) is 6.42 Å². The minimum Gasteiger partial charge on any atom is -0.361 e. The highest BCUT2D eigenvalue weighted by Gasteiger charge is 2.12. The first-order valence-corrected chi connectivity index (χ1v) is 6.51. The molecule has 2 rings (SSSR count). The number of likely N-dealkylation sites (N-methyl/N-ethyl adjacent to an activating group) is 2. The number of aromatic nitrogens is 1. The number of carbonyl (C=O) groups is 1. The van der Waals surface area contributed by atoms with Crippen molar-refractivity contribution in [1.29, 1.82) is 0 Å². The van der Waals surface area contributed by atoms with Crippen LogP contribution in [-0.4, -0.2) is 54.9 Å². The van der Waals surface area contributed by atoms with Crippen LogP contribution in [0.5, 0.6) is 0 Å². The van der Waals surface area contributed by atoms with Gasteiger partial charge in [0, 0.05) is 37.2 Å². The predicted molar refractivity (Wildman–Crippen MR) is 78.2 cm³/mol. The van der Waals surface area contributed by atoms with E-state index in [0.717, 1.165) is 29.6 Å². The maximum absolute atomic E-state index is 12.2. The van der Waals surface area contributed by atoms with E-state index < -0.39 is 0 Å². The molecule has 4 nitrogen and oxygen atoms in total. The van der Waals surface area contributed by atoms with Gasteiger partial charge in [-0.2, -0.15) is 0 Å². The molecular weight excluding hydrogens is 238 g/mol. The lowest BCUT2D eigenvalue weighted by atomic mass is 10.1. The SMILES string of the molecule is CN(C)CCN(C)C(=O)Cc1c[nH]c2ccccc12. The van der Waals surface area contributed by atoms with Gasteiger partial charge < -0.3 is 14.8 Å². The lowest BCUT2D eigenvalue weighted by Gasteiger charge is -2.19. The number of benzene rings is 1. The van der Waals surface area contributed by atoms with Crippen LogP contribution < -0.4 is 0 Å². The van der Waals surface area contributed by atoms with Crippen molar-refractivity contribution in [3.63, 3.8) is 0 Å². The predicted octanol–water partition coefficient (Wildman–Crippen LogP) is 1.73. The summed E-state index contributed by atoms with van der Waals surface area (Å²) in [6.07, 6.45) is 2.39.